The van der Waals surface area contributed by atoms with E-state index in [2.05, 4.69) is 10.3 Å². The van der Waals surface area contributed by atoms with Gasteiger partial charge in [-0.1, -0.05) is 35.5 Å². The molecule has 0 atom stereocenters. The summed E-state index contributed by atoms with van der Waals surface area (Å²) in [4.78, 5) is 0. The average Bonchev–Trinajstić information content (AvgIpc) is 2.91. The maximum absolute atomic E-state index is 5.78. The third-order valence-corrected chi connectivity index (χ3v) is 3.17. The summed E-state index contributed by atoms with van der Waals surface area (Å²) in [5.41, 5.74) is 8.61. The van der Waals surface area contributed by atoms with E-state index in [0.29, 0.717) is 19.7 Å². The van der Waals surface area contributed by atoms with Gasteiger partial charge in [-0.25, -0.2) is 4.68 Å². The van der Waals surface area contributed by atoms with Crippen molar-refractivity contribution >= 4 is 11.0 Å². The summed E-state index contributed by atoms with van der Waals surface area (Å²) in [7, 11) is 0. The lowest BCUT2D eigenvalue weighted by Gasteiger charge is -2.10. The first-order valence-corrected chi connectivity index (χ1v) is 6.57. The molecular formula is C15H16N4O. The molecule has 0 spiro atoms. The van der Waals surface area contributed by atoms with Crippen molar-refractivity contribution < 1.29 is 4.74 Å². The Balaban J connectivity index is 1.68. The molecule has 0 aliphatic rings. The molecule has 0 bridgehead atoms. The van der Waals surface area contributed by atoms with Crippen LogP contribution in [0.25, 0.3) is 11.0 Å². The molecule has 0 radical (unpaired) electrons. The number of benzene rings is 2. The van der Waals surface area contributed by atoms with Crippen LogP contribution in [0, 0.1) is 0 Å². The summed E-state index contributed by atoms with van der Waals surface area (Å²) in [6.07, 6.45) is 0. The van der Waals surface area contributed by atoms with E-state index in [9.17, 15) is 0 Å². The Bertz CT molecular complexity index is 708. The summed E-state index contributed by atoms with van der Waals surface area (Å²) in [5.74, 6) is 0.833. The molecule has 0 unspecified atom stereocenters. The second kappa shape index (κ2) is 5.71. The highest BCUT2D eigenvalue weighted by atomic mass is 16.5. The molecule has 0 amide bonds. The van der Waals surface area contributed by atoms with Gasteiger partial charge in [0.15, 0.2) is 0 Å². The normalized spacial score (nSPS) is 10.8. The lowest BCUT2D eigenvalue weighted by Crippen LogP contribution is -2.11. The van der Waals surface area contributed by atoms with Crippen LogP contribution in [0.2, 0.25) is 0 Å². The summed E-state index contributed by atoms with van der Waals surface area (Å²) in [6.45, 7) is 1.66. The zero-order chi connectivity index (χ0) is 13.8. The minimum atomic E-state index is 0.475. The second-order valence-corrected chi connectivity index (χ2v) is 4.46. The number of nitrogens with two attached hydrogens (primary N) is 1. The Hall–Kier alpha value is -2.40. The lowest BCUT2D eigenvalue weighted by atomic mass is 10.2. The quantitative estimate of drug-likeness (QED) is 0.768. The first kappa shape index (κ1) is 12.6. The van der Waals surface area contributed by atoms with Crippen LogP contribution in [0.3, 0.4) is 0 Å². The first-order chi connectivity index (χ1) is 9.88. The number of ether oxygens (including phenoxy) is 1. The Morgan fingerprint density at radius 2 is 1.85 bits per heavy atom. The molecule has 1 heterocycles. The van der Waals surface area contributed by atoms with Gasteiger partial charge in [-0.3, -0.25) is 0 Å². The predicted octanol–water partition coefficient (Wildman–Crippen LogP) is 1.97. The Morgan fingerprint density at radius 3 is 2.75 bits per heavy atom. The molecule has 102 valence electrons. The predicted molar refractivity (Wildman–Crippen MR) is 77.4 cm³/mol. The van der Waals surface area contributed by atoms with E-state index in [0.717, 1.165) is 22.3 Å². The Kier molecular flexibility index (Phi) is 3.60. The van der Waals surface area contributed by atoms with E-state index >= 15 is 0 Å². The number of para-hydroxylation sites is 2. The molecule has 1 aromatic heterocycles. The fourth-order valence-electron chi connectivity index (χ4n) is 2.14. The van der Waals surface area contributed by atoms with Crippen molar-refractivity contribution in [2.75, 3.05) is 6.61 Å². The molecule has 3 rings (SSSR count). The van der Waals surface area contributed by atoms with Gasteiger partial charge in [0.25, 0.3) is 0 Å². The van der Waals surface area contributed by atoms with Crippen LogP contribution in [0.15, 0.2) is 48.5 Å². The largest absolute Gasteiger partial charge is 0.491 e. The Morgan fingerprint density at radius 1 is 1.05 bits per heavy atom. The summed E-state index contributed by atoms with van der Waals surface area (Å²) in [6, 6.07) is 15.7. The second-order valence-electron chi connectivity index (χ2n) is 4.46. The van der Waals surface area contributed by atoms with Gasteiger partial charge in [0.2, 0.25) is 0 Å². The third kappa shape index (κ3) is 2.48. The molecule has 0 aliphatic heterocycles. The maximum atomic E-state index is 5.78. The van der Waals surface area contributed by atoms with Gasteiger partial charge in [0.05, 0.1) is 12.1 Å². The summed E-state index contributed by atoms with van der Waals surface area (Å²) in [5, 5.41) is 8.25. The molecule has 0 saturated heterocycles. The zero-order valence-corrected chi connectivity index (χ0v) is 11.1. The highest BCUT2D eigenvalue weighted by molar-refractivity contribution is 5.73. The smallest absolute Gasteiger partial charge is 0.123 e. The molecule has 5 nitrogen and oxygen atoms in total. The Labute approximate surface area is 117 Å². The number of hydrogen-bond acceptors (Lipinski definition) is 4. The number of aromatic nitrogens is 3. The fraction of sp³-hybridized carbons (Fsp3) is 0.200. The zero-order valence-electron chi connectivity index (χ0n) is 11.1. The van der Waals surface area contributed by atoms with Crippen molar-refractivity contribution in [3.8, 4) is 5.75 Å². The summed E-state index contributed by atoms with van der Waals surface area (Å²) >= 11 is 0. The molecule has 2 N–H and O–H groups in total. The molecule has 5 heteroatoms. The van der Waals surface area contributed by atoms with E-state index in [-0.39, 0.29) is 0 Å². The average molecular weight is 268 g/mol. The van der Waals surface area contributed by atoms with Crippen molar-refractivity contribution in [1.82, 2.24) is 15.0 Å². The van der Waals surface area contributed by atoms with Crippen LogP contribution in [-0.2, 0) is 13.1 Å². The number of fused-ring (bicyclic) bond motifs is 1. The number of nitrogens with zero attached hydrogens (tertiary/aromatic N) is 3. The molecule has 0 fully saturated rings. The van der Waals surface area contributed by atoms with E-state index < -0.39 is 0 Å². The van der Waals surface area contributed by atoms with Crippen molar-refractivity contribution in [2.45, 2.75) is 13.1 Å². The van der Waals surface area contributed by atoms with Crippen LogP contribution in [0.5, 0.6) is 5.75 Å². The SMILES string of the molecule is NCc1ccccc1OCCn1nnc2ccccc21. The van der Waals surface area contributed by atoms with E-state index in [1.54, 1.807) is 0 Å². The van der Waals surface area contributed by atoms with E-state index in [4.69, 9.17) is 10.5 Å². The monoisotopic (exact) mass is 268 g/mol. The van der Waals surface area contributed by atoms with Crippen LogP contribution in [0.1, 0.15) is 5.56 Å². The highest BCUT2D eigenvalue weighted by Crippen LogP contribution is 2.17. The van der Waals surface area contributed by atoms with Crippen LogP contribution < -0.4 is 10.5 Å². The number of rotatable bonds is 5. The van der Waals surface area contributed by atoms with Gasteiger partial charge < -0.3 is 10.5 Å². The first-order valence-electron chi connectivity index (χ1n) is 6.57. The van der Waals surface area contributed by atoms with Crippen molar-refractivity contribution in [2.24, 2.45) is 5.73 Å². The topological polar surface area (TPSA) is 66.0 Å². The van der Waals surface area contributed by atoms with Gasteiger partial charge in [-0.2, -0.15) is 0 Å². The van der Waals surface area contributed by atoms with Crippen molar-refractivity contribution in [3.63, 3.8) is 0 Å². The van der Waals surface area contributed by atoms with Crippen molar-refractivity contribution in [3.05, 3.63) is 54.1 Å². The highest BCUT2D eigenvalue weighted by Gasteiger charge is 2.04. The van der Waals surface area contributed by atoms with Crippen molar-refractivity contribution in [1.29, 1.82) is 0 Å². The third-order valence-electron chi connectivity index (χ3n) is 3.17. The molecule has 2 aromatic carbocycles. The van der Waals surface area contributed by atoms with Gasteiger partial charge in [0.1, 0.15) is 17.9 Å². The molecule has 3 aromatic rings. The molecule has 20 heavy (non-hydrogen) atoms. The molecule has 0 aliphatic carbocycles. The van der Waals surface area contributed by atoms with Crippen LogP contribution in [-0.4, -0.2) is 21.6 Å². The maximum Gasteiger partial charge on any atom is 0.123 e. The lowest BCUT2D eigenvalue weighted by molar-refractivity contribution is 0.289. The fourth-order valence-corrected chi connectivity index (χ4v) is 2.14. The van der Waals surface area contributed by atoms with Gasteiger partial charge in [0, 0.05) is 12.1 Å². The standard InChI is InChI=1S/C15H16N4O/c16-11-12-5-1-4-8-15(12)20-10-9-19-14-7-3-2-6-13(14)17-18-19/h1-8H,9-11,16H2. The summed E-state index contributed by atoms with van der Waals surface area (Å²) < 4.78 is 7.63. The minimum Gasteiger partial charge on any atom is -0.491 e. The minimum absolute atomic E-state index is 0.475. The van der Waals surface area contributed by atoms with E-state index in [1.165, 1.54) is 0 Å². The number of hydrogen-bond donors (Lipinski definition) is 1. The van der Waals surface area contributed by atoms with Gasteiger partial charge >= 0.3 is 0 Å². The van der Waals surface area contributed by atoms with Crippen LogP contribution in [0.4, 0.5) is 0 Å². The van der Waals surface area contributed by atoms with Crippen LogP contribution >= 0.6 is 0 Å². The van der Waals surface area contributed by atoms with Gasteiger partial charge in [-0.05, 0) is 18.2 Å². The van der Waals surface area contributed by atoms with Gasteiger partial charge in [-0.15, -0.1) is 5.10 Å². The molecular weight excluding hydrogens is 252 g/mol. The molecule has 0 saturated carbocycles. The van der Waals surface area contributed by atoms with E-state index in [1.807, 2.05) is 53.2 Å².